The maximum absolute atomic E-state index is 5.91. The van der Waals surface area contributed by atoms with Crippen molar-refractivity contribution in [3.63, 3.8) is 0 Å². The summed E-state index contributed by atoms with van der Waals surface area (Å²) in [5, 5.41) is 0. The molecule has 0 N–H and O–H groups in total. The van der Waals surface area contributed by atoms with E-state index >= 15 is 0 Å². The van der Waals surface area contributed by atoms with E-state index in [1.54, 1.807) is 6.26 Å². The van der Waals surface area contributed by atoms with E-state index in [4.69, 9.17) is 4.74 Å². The Morgan fingerprint density at radius 1 is 0.783 bits per heavy atom. The summed E-state index contributed by atoms with van der Waals surface area (Å²) in [6.07, 6.45) is 3.77. The summed E-state index contributed by atoms with van der Waals surface area (Å²) < 4.78 is 7.00. The van der Waals surface area contributed by atoms with E-state index in [0.717, 1.165) is 4.47 Å². The zero-order chi connectivity index (χ0) is 15.6. The van der Waals surface area contributed by atoms with Crippen LogP contribution in [0.25, 0.3) is 17.2 Å². The van der Waals surface area contributed by atoms with Gasteiger partial charge >= 0.3 is 0 Å². The predicted molar refractivity (Wildman–Crippen MR) is 98.0 cm³/mol. The van der Waals surface area contributed by atoms with Gasteiger partial charge in [0.15, 0.2) is 0 Å². The van der Waals surface area contributed by atoms with Gasteiger partial charge in [0.25, 0.3) is 0 Å². The minimum Gasteiger partial charge on any atom is -0.489 e. The summed E-state index contributed by atoms with van der Waals surface area (Å²) in [4.78, 5) is 0. The lowest BCUT2D eigenvalue weighted by Crippen LogP contribution is -2.08. The minimum absolute atomic E-state index is 0.0494. The Labute approximate surface area is 144 Å². The third kappa shape index (κ3) is 2.82. The van der Waals surface area contributed by atoms with E-state index in [1.165, 1.54) is 27.8 Å². The van der Waals surface area contributed by atoms with Gasteiger partial charge < -0.3 is 4.74 Å². The monoisotopic (exact) mass is 362 g/mol. The van der Waals surface area contributed by atoms with E-state index in [2.05, 4.69) is 82.7 Å². The Bertz CT molecular complexity index is 851. The van der Waals surface area contributed by atoms with E-state index < -0.39 is 0 Å². The molecule has 0 saturated carbocycles. The highest BCUT2D eigenvalue weighted by Gasteiger charge is 2.20. The van der Waals surface area contributed by atoms with Crippen molar-refractivity contribution in [2.45, 2.75) is 6.10 Å². The average Bonchev–Trinajstić information content (AvgIpc) is 2.62. The second-order valence-electron chi connectivity index (χ2n) is 5.58. The van der Waals surface area contributed by atoms with Crippen LogP contribution in [-0.4, -0.2) is 0 Å². The SMILES string of the molecule is Brc1ccc(-c2ccc3c(c2)[C@H](c2ccccc2)OC=C3)cc1. The first-order valence-electron chi connectivity index (χ1n) is 7.58. The van der Waals surface area contributed by atoms with Gasteiger partial charge in [-0.25, -0.2) is 0 Å². The predicted octanol–water partition coefficient (Wildman–Crippen LogP) is 6.21. The largest absolute Gasteiger partial charge is 0.489 e. The van der Waals surface area contributed by atoms with Gasteiger partial charge in [0.05, 0.1) is 6.26 Å². The third-order valence-corrected chi connectivity index (χ3v) is 4.64. The fourth-order valence-corrected chi connectivity index (χ4v) is 3.19. The highest BCUT2D eigenvalue weighted by atomic mass is 79.9. The Morgan fingerprint density at radius 3 is 2.30 bits per heavy atom. The fraction of sp³-hybridized carbons (Fsp3) is 0.0476. The lowest BCUT2D eigenvalue weighted by atomic mass is 9.92. The van der Waals surface area contributed by atoms with Crippen molar-refractivity contribution in [3.8, 4) is 11.1 Å². The van der Waals surface area contributed by atoms with Crippen molar-refractivity contribution in [3.05, 3.63) is 100 Å². The van der Waals surface area contributed by atoms with E-state index in [0.29, 0.717) is 0 Å². The molecule has 112 valence electrons. The van der Waals surface area contributed by atoms with Gasteiger partial charge in [-0.15, -0.1) is 0 Å². The Kier molecular flexibility index (Phi) is 3.76. The lowest BCUT2D eigenvalue weighted by Gasteiger charge is -2.24. The summed E-state index contributed by atoms with van der Waals surface area (Å²) in [7, 11) is 0. The van der Waals surface area contributed by atoms with Gasteiger partial charge in [-0.3, -0.25) is 0 Å². The Morgan fingerprint density at radius 2 is 1.52 bits per heavy atom. The van der Waals surface area contributed by atoms with Crippen LogP contribution in [-0.2, 0) is 4.74 Å². The minimum atomic E-state index is -0.0494. The van der Waals surface area contributed by atoms with Crippen molar-refractivity contribution in [1.82, 2.24) is 0 Å². The highest BCUT2D eigenvalue weighted by molar-refractivity contribution is 9.10. The van der Waals surface area contributed by atoms with Gasteiger partial charge in [0.2, 0.25) is 0 Å². The lowest BCUT2D eigenvalue weighted by molar-refractivity contribution is 0.181. The molecule has 0 spiro atoms. The van der Waals surface area contributed by atoms with Crippen LogP contribution in [0.15, 0.2) is 83.5 Å². The third-order valence-electron chi connectivity index (χ3n) is 4.11. The molecule has 0 unspecified atom stereocenters. The first-order valence-corrected chi connectivity index (χ1v) is 8.37. The molecule has 0 fully saturated rings. The number of halogens is 1. The molecule has 2 heteroatoms. The average molecular weight is 363 g/mol. The number of benzene rings is 3. The molecule has 1 aliphatic rings. The summed E-state index contributed by atoms with van der Waals surface area (Å²) in [6.45, 7) is 0. The normalized spacial score (nSPS) is 15.8. The van der Waals surface area contributed by atoms with E-state index in [1.807, 2.05) is 12.1 Å². The summed E-state index contributed by atoms with van der Waals surface area (Å²) >= 11 is 3.49. The summed E-state index contributed by atoms with van der Waals surface area (Å²) in [5.41, 5.74) is 6.00. The first kappa shape index (κ1) is 14.3. The molecule has 0 aromatic heterocycles. The molecule has 23 heavy (non-hydrogen) atoms. The van der Waals surface area contributed by atoms with Crippen molar-refractivity contribution < 1.29 is 4.74 Å². The molecule has 1 aliphatic heterocycles. The second-order valence-corrected chi connectivity index (χ2v) is 6.50. The fourth-order valence-electron chi connectivity index (χ4n) is 2.93. The molecule has 0 saturated heterocycles. The summed E-state index contributed by atoms with van der Waals surface area (Å²) in [6, 6.07) is 25.3. The maximum atomic E-state index is 5.91. The van der Waals surface area contributed by atoms with Crippen molar-refractivity contribution in [2.75, 3.05) is 0 Å². The molecule has 1 nitrogen and oxygen atoms in total. The molecule has 3 aromatic rings. The molecule has 1 atom stereocenters. The standard InChI is InChI=1S/C21H15BrO/c22-19-10-8-15(9-11-19)18-7-6-16-12-13-23-21(20(16)14-18)17-4-2-1-3-5-17/h1-14,21H/t21-/m0/s1. The molecular weight excluding hydrogens is 348 g/mol. The molecule has 0 amide bonds. The van der Waals surface area contributed by atoms with E-state index in [9.17, 15) is 0 Å². The number of hydrogen-bond donors (Lipinski definition) is 0. The van der Waals surface area contributed by atoms with Crippen LogP contribution in [0, 0.1) is 0 Å². The quantitative estimate of drug-likeness (QED) is 0.526. The van der Waals surface area contributed by atoms with E-state index in [-0.39, 0.29) is 6.10 Å². The second kappa shape index (κ2) is 6.05. The van der Waals surface area contributed by atoms with Gasteiger partial charge in [-0.1, -0.05) is 70.5 Å². The van der Waals surface area contributed by atoms with Crippen molar-refractivity contribution >= 4 is 22.0 Å². The molecule has 4 rings (SSSR count). The molecule has 0 aliphatic carbocycles. The van der Waals surface area contributed by atoms with Gasteiger partial charge in [0.1, 0.15) is 6.10 Å². The Hall–Kier alpha value is -2.32. The van der Waals surface area contributed by atoms with Gasteiger partial charge in [0, 0.05) is 10.0 Å². The van der Waals surface area contributed by atoms with Crippen molar-refractivity contribution in [2.24, 2.45) is 0 Å². The van der Waals surface area contributed by atoms with Gasteiger partial charge in [-0.2, -0.15) is 0 Å². The number of rotatable bonds is 2. The molecular formula is C21H15BrO. The molecule has 3 aromatic carbocycles. The summed E-state index contributed by atoms with van der Waals surface area (Å²) in [5.74, 6) is 0. The number of hydrogen-bond acceptors (Lipinski definition) is 1. The van der Waals surface area contributed by atoms with Crippen LogP contribution in [0.1, 0.15) is 22.8 Å². The number of fused-ring (bicyclic) bond motifs is 1. The van der Waals surface area contributed by atoms with Crippen LogP contribution in [0.5, 0.6) is 0 Å². The zero-order valence-electron chi connectivity index (χ0n) is 12.4. The number of ether oxygens (including phenoxy) is 1. The van der Waals surface area contributed by atoms with Crippen LogP contribution in [0.3, 0.4) is 0 Å². The smallest absolute Gasteiger partial charge is 0.149 e. The zero-order valence-corrected chi connectivity index (χ0v) is 14.0. The van der Waals surface area contributed by atoms with Crippen LogP contribution < -0.4 is 0 Å². The van der Waals surface area contributed by atoms with Crippen LogP contribution >= 0.6 is 15.9 Å². The van der Waals surface area contributed by atoms with Crippen molar-refractivity contribution in [1.29, 1.82) is 0 Å². The maximum Gasteiger partial charge on any atom is 0.149 e. The topological polar surface area (TPSA) is 9.23 Å². The van der Waals surface area contributed by atoms with Gasteiger partial charge in [-0.05, 0) is 46.5 Å². The first-order chi connectivity index (χ1) is 11.3. The van der Waals surface area contributed by atoms with Crippen LogP contribution in [0.2, 0.25) is 0 Å². The Balaban J connectivity index is 1.80. The molecule has 0 bridgehead atoms. The van der Waals surface area contributed by atoms with Crippen LogP contribution in [0.4, 0.5) is 0 Å². The highest BCUT2D eigenvalue weighted by Crippen LogP contribution is 2.36. The molecule has 1 heterocycles. The molecule has 0 radical (unpaired) electrons.